The van der Waals surface area contributed by atoms with Crippen LogP contribution >= 0.6 is 0 Å². The van der Waals surface area contributed by atoms with Gasteiger partial charge in [0, 0.05) is 32.9 Å². The van der Waals surface area contributed by atoms with Crippen molar-refractivity contribution in [3.05, 3.63) is 11.7 Å². The fourth-order valence-electron chi connectivity index (χ4n) is 2.09. The van der Waals surface area contributed by atoms with Crippen molar-refractivity contribution in [2.24, 2.45) is 11.1 Å². The zero-order valence-corrected chi connectivity index (χ0v) is 13.7. The Labute approximate surface area is 127 Å². The Morgan fingerprint density at radius 3 is 2.71 bits per heavy atom. The Kier molecular flexibility index (Phi) is 6.81. The van der Waals surface area contributed by atoms with Gasteiger partial charge in [-0.3, -0.25) is 4.79 Å². The van der Waals surface area contributed by atoms with Gasteiger partial charge in [-0.15, -0.1) is 0 Å². The first-order chi connectivity index (χ1) is 9.88. The summed E-state index contributed by atoms with van der Waals surface area (Å²) >= 11 is 0. The first kappa shape index (κ1) is 17.6. The van der Waals surface area contributed by atoms with E-state index in [0.29, 0.717) is 31.8 Å². The highest BCUT2D eigenvalue weighted by Gasteiger charge is 2.20. The lowest BCUT2D eigenvalue weighted by atomic mass is 9.93. The first-order valence-electron chi connectivity index (χ1n) is 7.63. The van der Waals surface area contributed by atoms with Gasteiger partial charge in [-0.1, -0.05) is 25.9 Å². The third kappa shape index (κ3) is 6.25. The van der Waals surface area contributed by atoms with E-state index < -0.39 is 0 Å². The van der Waals surface area contributed by atoms with Gasteiger partial charge < -0.3 is 15.2 Å². The zero-order chi connectivity index (χ0) is 15.9. The Balaban J connectivity index is 2.32. The van der Waals surface area contributed by atoms with Crippen molar-refractivity contribution in [1.29, 1.82) is 0 Å². The number of hydrogen-bond acceptors (Lipinski definition) is 5. The molecule has 0 bridgehead atoms. The van der Waals surface area contributed by atoms with Gasteiger partial charge in [0.1, 0.15) is 0 Å². The molecule has 0 fully saturated rings. The van der Waals surface area contributed by atoms with Crippen LogP contribution in [-0.2, 0) is 17.6 Å². The van der Waals surface area contributed by atoms with Crippen molar-refractivity contribution < 1.29 is 9.32 Å². The van der Waals surface area contributed by atoms with Crippen LogP contribution < -0.4 is 5.73 Å². The van der Waals surface area contributed by atoms with E-state index >= 15 is 0 Å². The molecule has 0 radical (unpaired) electrons. The van der Waals surface area contributed by atoms with Crippen LogP contribution in [0, 0.1) is 5.41 Å². The number of hydrogen-bond donors (Lipinski definition) is 1. The summed E-state index contributed by atoms with van der Waals surface area (Å²) in [5.41, 5.74) is 5.64. The highest BCUT2D eigenvalue weighted by atomic mass is 16.5. The molecule has 2 N–H and O–H groups in total. The molecule has 0 aliphatic rings. The van der Waals surface area contributed by atoms with Crippen LogP contribution in [0.5, 0.6) is 0 Å². The summed E-state index contributed by atoms with van der Waals surface area (Å²) in [7, 11) is 1.83. The number of nitrogens with two attached hydrogens (primary N) is 1. The number of rotatable bonds is 9. The molecule has 0 saturated heterocycles. The predicted molar refractivity (Wildman–Crippen MR) is 81.7 cm³/mol. The summed E-state index contributed by atoms with van der Waals surface area (Å²) in [6.07, 6.45) is 3.69. The van der Waals surface area contributed by atoms with Crippen LogP contribution in [0.25, 0.3) is 0 Å². The highest BCUT2D eigenvalue weighted by molar-refractivity contribution is 5.75. The molecule has 1 heterocycles. The van der Waals surface area contributed by atoms with Crippen LogP contribution in [-0.4, -0.2) is 41.1 Å². The molecule has 1 amide bonds. The van der Waals surface area contributed by atoms with Crippen molar-refractivity contribution in [3.8, 4) is 0 Å². The molecule has 21 heavy (non-hydrogen) atoms. The minimum Gasteiger partial charge on any atom is -0.345 e. The van der Waals surface area contributed by atoms with E-state index in [1.165, 1.54) is 0 Å². The minimum atomic E-state index is -0.0497. The van der Waals surface area contributed by atoms with E-state index in [0.717, 1.165) is 25.1 Å². The zero-order valence-electron chi connectivity index (χ0n) is 13.7. The number of carbonyl (C=O) groups is 1. The summed E-state index contributed by atoms with van der Waals surface area (Å²) in [5.74, 6) is 1.50. The van der Waals surface area contributed by atoms with Crippen LogP contribution in [0.15, 0.2) is 4.52 Å². The second-order valence-corrected chi connectivity index (χ2v) is 6.33. The molecular weight excluding hydrogens is 268 g/mol. The van der Waals surface area contributed by atoms with Crippen LogP contribution in [0.2, 0.25) is 0 Å². The van der Waals surface area contributed by atoms with Gasteiger partial charge in [0.05, 0.1) is 0 Å². The van der Waals surface area contributed by atoms with E-state index in [4.69, 9.17) is 10.3 Å². The molecule has 6 nitrogen and oxygen atoms in total. The normalized spacial score (nSPS) is 11.7. The molecule has 0 aliphatic heterocycles. The van der Waals surface area contributed by atoms with Gasteiger partial charge >= 0.3 is 0 Å². The monoisotopic (exact) mass is 296 g/mol. The Morgan fingerprint density at radius 2 is 2.10 bits per heavy atom. The average molecular weight is 296 g/mol. The standard InChI is InChI=1S/C15H28N4O2/c1-5-7-12-17-13(21-18-12)8-6-9-14(20)19(4)11-15(2,3)10-16/h5-11,16H2,1-4H3. The lowest BCUT2D eigenvalue weighted by Gasteiger charge is -2.29. The maximum absolute atomic E-state index is 12.1. The van der Waals surface area contributed by atoms with Gasteiger partial charge in [0.15, 0.2) is 5.82 Å². The average Bonchev–Trinajstić information content (AvgIpc) is 2.86. The lowest BCUT2D eigenvalue weighted by Crippen LogP contribution is -2.39. The summed E-state index contributed by atoms with van der Waals surface area (Å²) in [4.78, 5) is 18.1. The van der Waals surface area contributed by atoms with E-state index in [-0.39, 0.29) is 11.3 Å². The summed E-state index contributed by atoms with van der Waals surface area (Å²) in [6, 6.07) is 0. The highest BCUT2D eigenvalue weighted by Crippen LogP contribution is 2.15. The molecule has 1 aromatic heterocycles. The Hall–Kier alpha value is -1.43. The topological polar surface area (TPSA) is 85.2 Å². The second-order valence-electron chi connectivity index (χ2n) is 6.33. The van der Waals surface area contributed by atoms with E-state index in [2.05, 4.69) is 30.9 Å². The number of nitrogens with zero attached hydrogens (tertiary/aromatic N) is 3. The summed E-state index contributed by atoms with van der Waals surface area (Å²) < 4.78 is 5.15. The first-order valence-corrected chi connectivity index (χ1v) is 7.63. The molecule has 6 heteroatoms. The fourth-order valence-corrected chi connectivity index (χ4v) is 2.09. The molecular formula is C15H28N4O2. The number of aromatic nitrogens is 2. The van der Waals surface area contributed by atoms with Crippen molar-refractivity contribution in [2.75, 3.05) is 20.1 Å². The van der Waals surface area contributed by atoms with Gasteiger partial charge in [-0.25, -0.2) is 0 Å². The fraction of sp³-hybridized carbons (Fsp3) is 0.800. The predicted octanol–water partition coefficient (Wildman–Crippen LogP) is 1.79. The molecule has 0 aromatic carbocycles. The van der Waals surface area contributed by atoms with E-state index in [1.54, 1.807) is 4.90 Å². The van der Waals surface area contributed by atoms with Gasteiger partial charge in [-0.2, -0.15) is 4.98 Å². The third-order valence-corrected chi connectivity index (χ3v) is 3.41. The number of aryl methyl sites for hydroxylation is 2. The van der Waals surface area contributed by atoms with E-state index in [1.807, 2.05) is 7.05 Å². The van der Waals surface area contributed by atoms with E-state index in [9.17, 15) is 4.79 Å². The number of carbonyl (C=O) groups excluding carboxylic acids is 1. The number of amides is 1. The van der Waals surface area contributed by atoms with Gasteiger partial charge in [0.2, 0.25) is 11.8 Å². The van der Waals surface area contributed by atoms with Crippen LogP contribution in [0.1, 0.15) is 51.7 Å². The molecule has 1 aromatic rings. The Morgan fingerprint density at radius 1 is 1.38 bits per heavy atom. The molecule has 0 spiro atoms. The van der Waals surface area contributed by atoms with Gasteiger partial charge in [0.25, 0.3) is 0 Å². The SMILES string of the molecule is CCCc1noc(CCCC(=O)N(C)CC(C)(C)CN)n1. The van der Waals surface area contributed by atoms with Crippen molar-refractivity contribution in [3.63, 3.8) is 0 Å². The van der Waals surface area contributed by atoms with Crippen molar-refractivity contribution >= 4 is 5.91 Å². The van der Waals surface area contributed by atoms with Crippen LogP contribution in [0.4, 0.5) is 0 Å². The molecule has 0 unspecified atom stereocenters. The largest absolute Gasteiger partial charge is 0.345 e. The maximum atomic E-state index is 12.1. The maximum Gasteiger partial charge on any atom is 0.226 e. The molecule has 120 valence electrons. The molecule has 0 aliphatic carbocycles. The quantitative estimate of drug-likeness (QED) is 0.751. The Bertz CT molecular complexity index is 443. The molecule has 0 saturated carbocycles. The molecule has 1 rings (SSSR count). The lowest BCUT2D eigenvalue weighted by molar-refractivity contribution is -0.131. The van der Waals surface area contributed by atoms with Crippen LogP contribution in [0.3, 0.4) is 0 Å². The van der Waals surface area contributed by atoms with Gasteiger partial charge in [-0.05, 0) is 24.8 Å². The smallest absolute Gasteiger partial charge is 0.226 e. The molecule has 0 atom stereocenters. The van der Waals surface area contributed by atoms with Crippen molar-refractivity contribution in [2.45, 2.75) is 52.9 Å². The third-order valence-electron chi connectivity index (χ3n) is 3.41. The summed E-state index contributed by atoms with van der Waals surface area (Å²) in [6.45, 7) is 7.43. The van der Waals surface area contributed by atoms with Crippen molar-refractivity contribution in [1.82, 2.24) is 15.0 Å². The minimum absolute atomic E-state index is 0.0497. The second kappa shape index (κ2) is 8.12. The summed E-state index contributed by atoms with van der Waals surface area (Å²) in [5, 5.41) is 3.90.